The number of hydrogen-bond donors (Lipinski definition) is 2. The highest BCUT2D eigenvalue weighted by Gasteiger charge is 2.22. The minimum Gasteiger partial charge on any atom is -0.444 e. The summed E-state index contributed by atoms with van der Waals surface area (Å²) in [6.07, 6.45) is 1.73. The average Bonchev–Trinajstić information content (AvgIpc) is 2.24. The maximum atomic E-state index is 11.5. The number of nitrogens with zero attached hydrogens (tertiary/aromatic N) is 1. The van der Waals surface area contributed by atoms with Crippen molar-refractivity contribution < 1.29 is 9.53 Å². The molecule has 0 aromatic heterocycles. The first kappa shape index (κ1) is 15.2. The Balaban J connectivity index is 2.24. The Hall–Kier alpha value is -0.810. The molecule has 0 spiro atoms. The van der Waals surface area contributed by atoms with Crippen LogP contribution >= 0.6 is 0 Å². The van der Waals surface area contributed by atoms with E-state index in [1.54, 1.807) is 0 Å². The number of likely N-dealkylation sites (tertiary alicyclic amines) is 1. The number of nitrogens with two attached hydrogens (primary N) is 1. The van der Waals surface area contributed by atoms with Crippen LogP contribution in [-0.4, -0.2) is 48.3 Å². The van der Waals surface area contributed by atoms with Gasteiger partial charge in [-0.3, -0.25) is 4.90 Å². The Morgan fingerprint density at radius 1 is 1.44 bits per heavy atom. The summed E-state index contributed by atoms with van der Waals surface area (Å²) in [6, 6.07) is 0.664. The number of rotatable bonds is 3. The predicted octanol–water partition coefficient (Wildman–Crippen LogP) is 1.32. The molecule has 0 aromatic rings. The van der Waals surface area contributed by atoms with E-state index in [0.717, 1.165) is 25.9 Å². The van der Waals surface area contributed by atoms with E-state index in [9.17, 15) is 4.79 Å². The molecule has 1 aliphatic rings. The minimum absolute atomic E-state index is 0.324. The zero-order valence-electron chi connectivity index (χ0n) is 12.0. The number of piperidine rings is 1. The molecule has 1 heterocycles. The summed E-state index contributed by atoms with van der Waals surface area (Å²) in [4.78, 5) is 13.9. The van der Waals surface area contributed by atoms with E-state index in [2.05, 4.69) is 17.1 Å². The lowest BCUT2D eigenvalue weighted by molar-refractivity contribution is 0.0504. The molecular weight excluding hydrogens is 230 g/mol. The van der Waals surface area contributed by atoms with Crippen LogP contribution in [0.2, 0.25) is 0 Å². The molecule has 3 N–H and O–H groups in total. The molecule has 1 aliphatic heterocycles. The highest BCUT2D eigenvalue weighted by atomic mass is 16.6. The summed E-state index contributed by atoms with van der Waals surface area (Å²) < 4.78 is 5.20. The second kappa shape index (κ2) is 6.38. The van der Waals surface area contributed by atoms with Crippen LogP contribution in [-0.2, 0) is 4.74 Å². The van der Waals surface area contributed by atoms with Gasteiger partial charge in [0.1, 0.15) is 5.60 Å². The van der Waals surface area contributed by atoms with E-state index in [1.807, 2.05) is 20.8 Å². The normalized spacial score (nSPS) is 20.5. The molecule has 0 aromatic carbocycles. The minimum atomic E-state index is -0.439. The molecule has 18 heavy (non-hydrogen) atoms. The van der Waals surface area contributed by atoms with Crippen LogP contribution in [0.1, 0.15) is 40.5 Å². The van der Waals surface area contributed by atoms with Gasteiger partial charge in [-0.15, -0.1) is 0 Å². The van der Waals surface area contributed by atoms with E-state index in [0.29, 0.717) is 18.6 Å². The molecule has 1 fully saturated rings. The molecule has 1 amide bonds. The zero-order chi connectivity index (χ0) is 13.8. The first-order valence-electron chi connectivity index (χ1n) is 6.74. The fourth-order valence-corrected chi connectivity index (χ4v) is 2.03. The van der Waals surface area contributed by atoms with Crippen molar-refractivity contribution in [3.8, 4) is 0 Å². The monoisotopic (exact) mass is 257 g/mol. The van der Waals surface area contributed by atoms with Gasteiger partial charge in [-0.05, 0) is 53.6 Å². The molecule has 1 saturated heterocycles. The molecular formula is C13H27N3O2. The first-order valence-corrected chi connectivity index (χ1v) is 6.74. The largest absolute Gasteiger partial charge is 0.444 e. The van der Waals surface area contributed by atoms with Crippen molar-refractivity contribution >= 4 is 6.09 Å². The second-order valence-electron chi connectivity index (χ2n) is 6.11. The highest BCUT2D eigenvalue weighted by Crippen LogP contribution is 2.11. The van der Waals surface area contributed by atoms with Gasteiger partial charge in [0.05, 0.1) is 0 Å². The number of ether oxygens (including phenoxy) is 1. The molecule has 0 aliphatic carbocycles. The summed E-state index contributed by atoms with van der Waals surface area (Å²) in [5.41, 5.74) is 5.43. The molecule has 1 unspecified atom stereocenters. The van der Waals surface area contributed by atoms with Crippen molar-refractivity contribution in [1.82, 2.24) is 10.2 Å². The topological polar surface area (TPSA) is 67.6 Å². The molecule has 0 bridgehead atoms. The van der Waals surface area contributed by atoms with E-state index in [4.69, 9.17) is 10.5 Å². The van der Waals surface area contributed by atoms with Gasteiger partial charge in [-0.25, -0.2) is 4.79 Å². The fraction of sp³-hybridized carbons (Fsp3) is 0.923. The van der Waals surface area contributed by atoms with E-state index in [-0.39, 0.29) is 6.09 Å². The fourth-order valence-electron chi connectivity index (χ4n) is 2.03. The third-order valence-corrected chi connectivity index (χ3v) is 3.14. The van der Waals surface area contributed by atoms with Crippen LogP contribution in [0.25, 0.3) is 0 Å². The Kier molecular flexibility index (Phi) is 5.41. The standard InChI is InChI=1S/C13H27N3O2/c1-10(16-7-5-11(14)6-8-16)9-15-12(17)18-13(2,3)4/h10-11H,5-9,14H2,1-4H3,(H,15,17). The number of amides is 1. The van der Waals surface area contributed by atoms with E-state index < -0.39 is 5.60 Å². The molecule has 5 heteroatoms. The second-order valence-corrected chi connectivity index (χ2v) is 6.11. The quantitative estimate of drug-likeness (QED) is 0.800. The van der Waals surface area contributed by atoms with Crippen molar-refractivity contribution in [2.75, 3.05) is 19.6 Å². The Labute approximate surface area is 110 Å². The van der Waals surface area contributed by atoms with Crippen molar-refractivity contribution in [2.24, 2.45) is 5.73 Å². The lowest BCUT2D eigenvalue weighted by Gasteiger charge is -2.34. The lowest BCUT2D eigenvalue weighted by Crippen LogP contribution is -2.48. The van der Waals surface area contributed by atoms with E-state index in [1.165, 1.54) is 0 Å². The molecule has 0 saturated carbocycles. The molecule has 1 rings (SSSR count). The number of hydrogen-bond acceptors (Lipinski definition) is 4. The number of nitrogens with one attached hydrogen (secondary N) is 1. The van der Waals surface area contributed by atoms with Crippen molar-refractivity contribution in [1.29, 1.82) is 0 Å². The third-order valence-electron chi connectivity index (χ3n) is 3.14. The SMILES string of the molecule is CC(CNC(=O)OC(C)(C)C)N1CCC(N)CC1. The molecule has 0 radical (unpaired) electrons. The van der Waals surface area contributed by atoms with Gasteiger partial charge in [0.2, 0.25) is 0 Å². The van der Waals surface area contributed by atoms with Gasteiger partial charge in [-0.2, -0.15) is 0 Å². The van der Waals surface area contributed by atoms with Crippen molar-refractivity contribution in [3.05, 3.63) is 0 Å². The van der Waals surface area contributed by atoms with Crippen LogP contribution in [0.15, 0.2) is 0 Å². The van der Waals surface area contributed by atoms with Crippen molar-refractivity contribution in [2.45, 2.75) is 58.2 Å². The third kappa shape index (κ3) is 5.69. The maximum Gasteiger partial charge on any atom is 0.407 e. The Morgan fingerprint density at radius 3 is 2.50 bits per heavy atom. The van der Waals surface area contributed by atoms with Crippen molar-refractivity contribution in [3.63, 3.8) is 0 Å². The lowest BCUT2D eigenvalue weighted by atomic mass is 10.0. The van der Waals surface area contributed by atoms with Crippen LogP contribution in [0.5, 0.6) is 0 Å². The number of alkyl carbamates (subject to hydrolysis) is 1. The molecule has 1 atom stereocenters. The van der Waals surface area contributed by atoms with Gasteiger partial charge in [0, 0.05) is 18.6 Å². The summed E-state index contributed by atoms with van der Waals surface area (Å²) >= 11 is 0. The highest BCUT2D eigenvalue weighted by molar-refractivity contribution is 5.67. The number of carbonyl (C=O) groups is 1. The Morgan fingerprint density at radius 2 is 2.00 bits per heavy atom. The van der Waals surface area contributed by atoms with Crippen LogP contribution in [0.3, 0.4) is 0 Å². The summed E-state index contributed by atoms with van der Waals surface area (Å²) in [5, 5.41) is 2.81. The number of carbonyl (C=O) groups excluding carboxylic acids is 1. The van der Waals surface area contributed by atoms with Gasteiger partial charge >= 0.3 is 6.09 Å². The first-order chi connectivity index (χ1) is 8.28. The summed E-state index contributed by atoms with van der Waals surface area (Å²) in [5.74, 6) is 0. The van der Waals surface area contributed by atoms with Crippen LogP contribution in [0.4, 0.5) is 4.79 Å². The average molecular weight is 257 g/mol. The van der Waals surface area contributed by atoms with Crippen LogP contribution < -0.4 is 11.1 Å². The van der Waals surface area contributed by atoms with E-state index >= 15 is 0 Å². The van der Waals surface area contributed by atoms with Gasteiger partial charge in [0.25, 0.3) is 0 Å². The zero-order valence-corrected chi connectivity index (χ0v) is 12.0. The predicted molar refractivity (Wildman–Crippen MR) is 72.5 cm³/mol. The maximum absolute atomic E-state index is 11.5. The Bertz CT molecular complexity index is 268. The van der Waals surface area contributed by atoms with Gasteiger partial charge in [-0.1, -0.05) is 0 Å². The summed E-state index contributed by atoms with van der Waals surface area (Å²) in [6.45, 7) is 10.3. The van der Waals surface area contributed by atoms with Gasteiger partial charge in [0.15, 0.2) is 0 Å². The molecule has 5 nitrogen and oxygen atoms in total. The van der Waals surface area contributed by atoms with Crippen LogP contribution in [0, 0.1) is 0 Å². The summed E-state index contributed by atoms with van der Waals surface area (Å²) in [7, 11) is 0. The smallest absolute Gasteiger partial charge is 0.407 e. The van der Waals surface area contributed by atoms with Gasteiger partial charge < -0.3 is 15.8 Å². The molecule has 106 valence electrons.